The number of rotatable bonds is 7. The van der Waals surface area contributed by atoms with Crippen LogP contribution in [-0.4, -0.2) is 57.9 Å². The van der Waals surface area contributed by atoms with Gasteiger partial charge in [-0.15, -0.1) is 0 Å². The van der Waals surface area contributed by atoms with Gasteiger partial charge in [-0.2, -0.15) is 4.31 Å². The summed E-state index contributed by atoms with van der Waals surface area (Å²) in [5.74, 6) is -0.443. The molecule has 0 aromatic heterocycles. The van der Waals surface area contributed by atoms with Crippen LogP contribution in [0.5, 0.6) is 11.5 Å². The van der Waals surface area contributed by atoms with E-state index in [2.05, 4.69) is 0 Å². The number of nitrogens with zero attached hydrogens (tertiary/aromatic N) is 2. The Kier molecular flexibility index (Phi) is 7.17. The first kappa shape index (κ1) is 23.0. The van der Waals surface area contributed by atoms with Crippen molar-refractivity contribution in [1.82, 2.24) is 9.21 Å². The molecule has 0 bridgehead atoms. The average molecular weight is 451 g/mol. The summed E-state index contributed by atoms with van der Waals surface area (Å²) in [4.78, 5) is 14.4. The summed E-state index contributed by atoms with van der Waals surface area (Å²) < 4.78 is 51.6. The number of amides is 1. The molecule has 1 aliphatic rings. The Balaban J connectivity index is 1.73. The van der Waals surface area contributed by atoms with E-state index < -0.39 is 21.8 Å². The van der Waals surface area contributed by atoms with Crippen LogP contribution >= 0.6 is 0 Å². The number of benzene rings is 2. The molecule has 0 unspecified atom stereocenters. The van der Waals surface area contributed by atoms with Crippen LogP contribution in [0.15, 0.2) is 47.4 Å². The summed E-state index contributed by atoms with van der Waals surface area (Å²) >= 11 is 0. The quantitative estimate of drug-likeness (QED) is 0.648. The molecule has 7 nitrogen and oxygen atoms in total. The van der Waals surface area contributed by atoms with E-state index in [1.54, 1.807) is 19.1 Å². The smallest absolute Gasteiger partial charge is 0.246 e. The number of carbonyl (C=O) groups excluding carboxylic acids is 1. The summed E-state index contributed by atoms with van der Waals surface area (Å²) in [7, 11) is 0.628. The Morgan fingerprint density at radius 1 is 1.16 bits per heavy atom. The number of ether oxygens (including phenoxy) is 2. The number of piperidine rings is 1. The lowest BCUT2D eigenvalue weighted by Gasteiger charge is -2.33. The van der Waals surface area contributed by atoms with Crippen LogP contribution in [0.4, 0.5) is 4.39 Å². The Hall–Kier alpha value is -2.65. The Morgan fingerprint density at radius 3 is 2.52 bits per heavy atom. The van der Waals surface area contributed by atoms with Gasteiger partial charge in [0.05, 0.1) is 20.1 Å². The van der Waals surface area contributed by atoms with Crippen LogP contribution in [-0.2, 0) is 21.4 Å². The van der Waals surface area contributed by atoms with E-state index in [4.69, 9.17) is 9.47 Å². The van der Waals surface area contributed by atoms with Gasteiger partial charge in [0.1, 0.15) is 22.2 Å². The second-order valence-electron chi connectivity index (χ2n) is 7.54. The van der Waals surface area contributed by atoms with E-state index >= 15 is 0 Å². The molecule has 1 saturated heterocycles. The highest BCUT2D eigenvalue weighted by Crippen LogP contribution is 2.31. The molecule has 0 saturated carbocycles. The van der Waals surface area contributed by atoms with Gasteiger partial charge in [-0.05, 0) is 48.7 Å². The molecule has 0 N–H and O–H groups in total. The third-order valence-corrected chi connectivity index (χ3v) is 7.32. The lowest BCUT2D eigenvalue weighted by molar-refractivity contribution is -0.135. The van der Waals surface area contributed by atoms with Crippen LogP contribution in [0, 0.1) is 11.7 Å². The van der Waals surface area contributed by atoms with Gasteiger partial charge >= 0.3 is 0 Å². The second kappa shape index (κ2) is 9.65. The molecule has 168 valence electrons. The van der Waals surface area contributed by atoms with Crippen molar-refractivity contribution >= 4 is 15.9 Å². The minimum atomic E-state index is -4.00. The van der Waals surface area contributed by atoms with Crippen LogP contribution in [0.3, 0.4) is 0 Å². The van der Waals surface area contributed by atoms with Gasteiger partial charge in [-0.1, -0.05) is 12.1 Å². The van der Waals surface area contributed by atoms with Gasteiger partial charge in [0, 0.05) is 26.7 Å². The van der Waals surface area contributed by atoms with Crippen LogP contribution in [0.2, 0.25) is 0 Å². The first-order valence-corrected chi connectivity index (χ1v) is 11.4. The summed E-state index contributed by atoms with van der Waals surface area (Å²) in [6.45, 7) is 0.728. The fourth-order valence-corrected chi connectivity index (χ4v) is 5.44. The summed E-state index contributed by atoms with van der Waals surface area (Å²) in [5, 5.41) is 0. The van der Waals surface area contributed by atoms with Crippen molar-refractivity contribution in [3.63, 3.8) is 0 Å². The highest BCUT2D eigenvalue weighted by Gasteiger charge is 2.36. The number of hydrogen-bond donors (Lipinski definition) is 0. The topological polar surface area (TPSA) is 76.2 Å². The highest BCUT2D eigenvalue weighted by atomic mass is 32.2. The fraction of sp³-hybridized carbons (Fsp3) is 0.409. The maximum atomic E-state index is 13.7. The van der Waals surface area contributed by atoms with Crippen molar-refractivity contribution in [3.05, 3.63) is 53.8 Å². The second-order valence-corrected chi connectivity index (χ2v) is 9.45. The van der Waals surface area contributed by atoms with Crippen molar-refractivity contribution in [3.8, 4) is 11.5 Å². The molecule has 2 aromatic rings. The molecule has 3 rings (SSSR count). The fourth-order valence-electron chi connectivity index (χ4n) is 3.75. The van der Waals surface area contributed by atoms with Gasteiger partial charge < -0.3 is 14.4 Å². The molecular weight excluding hydrogens is 423 g/mol. The lowest BCUT2D eigenvalue weighted by atomic mass is 9.98. The lowest BCUT2D eigenvalue weighted by Crippen LogP contribution is -2.45. The van der Waals surface area contributed by atoms with E-state index in [1.807, 2.05) is 24.3 Å². The zero-order chi connectivity index (χ0) is 22.6. The van der Waals surface area contributed by atoms with Crippen molar-refractivity contribution in [2.75, 3.05) is 34.4 Å². The minimum Gasteiger partial charge on any atom is -0.497 e. The number of sulfonamides is 1. The maximum Gasteiger partial charge on any atom is 0.246 e. The van der Waals surface area contributed by atoms with Crippen molar-refractivity contribution in [2.45, 2.75) is 24.3 Å². The first-order chi connectivity index (χ1) is 14.8. The monoisotopic (exact) mass is 450 g/mol. The van der Waals surface area contributed by atoms with Crippen LogP contribution in [0.1, 0.15) is 18.4 Å². The van der Waals surface area contributed by atoms with Crippen LogP contribution in [0.25, 0.3) is 0 Å². The van der Waals surface area contributed by atoms with Gasteiger partial charge in [0.25, 0.3) is 0 Å². The normalized spacial score (nSPS) is 17.2. The third kappa shape index (κ3) is 5.16. The molecule has 1 aliphatic heterocycles. The van der Waals surface area contributed by atoms with Gasteiger partial charge in [-0.3, -0.25) is 4.79 Å². The summed E-state index contributed by atoms with van der Waals surface area (Å²) in [6.07, 6.45) is 1.14. The molecule has 2 aromatic carbocycles. The zero-order valence-electron chi connectivity index (χ0n) is 17.9. The SMILES string of the molecule is COc1ccc(CN(C)C(=O)[C@@H]2CCCN(S(=O)(=O)c3cc(F)ccc3OC)C2)cc1. The largest absolute Gasteiger partial charge is 0.497 e. The van der Waals surface area contributed by atoms with Gasteiger partial charge in [0.15, 0.2) is 0 Å². The summed E-state index contributed by atoms with van der Waals surface area (Å²) in [6, 6.07) is 10.8. The molecule has 31 heavy (non-hydrogen) atoms. The van der Waals surface area contributed by atoms with Gasteiger partial charge in [0.2, 0.25) is 15.9 Å². The molecular formula is C22H27FN2O5S. The van der Waals surface area contributed by atoms with E-state index in [9.17, 15) is 17.6 Å². The molecule has 0 radical (unpaired) electrons. The maximum absolute atomic E-state index is 13.7. The van der Waals surface area contributed by atoms with E-state index in [0.717, 1.165) is 23.4 Å². The molecule has 1 atom stereocenters. The average Bonchev–Trinajstić information content (AvgIpc) is 2.79. The van der Waals surface area contributed by atoms with E-state index in [1.165, 1.54) is 17.5 Å². The highest BCUT2D eigenvalue weighted by molar-refractivity contribution is 7.89. The number of hydrogen-bond acceptors (Lipinski definition) is 5. The number of methoxy groups -OCH3 is 2. The number of halogens is 1. The summed E-state index contributed by atoms with van der Waals surface area (Å²) in [5.41, 5.74) is 0.946. The van der Waals surface area contributed by atoms with Crippen molar-refractivity contribution < 1.29 is 27.1 Å². The molecule has 0 aliphatic carbocycles. The van der Waals surface area contributed by atoms with E-state index in [0.29, 0.717) is 19.4 Å². The Labute approximate surface area is 182 Å². The van der Waals surface area contributed by atoms with Crippen LogP contribution < -0.4 is 9.47 Å². The molecule has 1 fully saturated rings. The predicted octanol–water partition coefficient (Wildman–Crippen LogP) is 2.90. The molecule has 1 heterocycles. The molecule has 1 amide bonds. The van der Waals surface area contributed by atoms with Crippen molar-refractivity contribution in [2.24, 2.45) is 5.92 Å². The zero-order valence-corrected chi connectivity index (χ0v) is 18.7. The molecule has 9 heteroatoms. The van der Waals surface area contributed by atoms with E-state index in [-0.39, 0.29) is 29.6 Å². The first-order valence-electron chi connectivity index (χ1n) is 9.98. The van der Waals surface area contributed by atoms with Gasteiger partial charge in [-0.25, -0.2) is 12.8 Å². The van der Waals surface area contributed by atoms with Crippen molar-refractivity contribution in [1.29, 1.82) is 0 Å². The Bertz CT molecular complexity index is 1030. The number of carbonyl (C=O) groups is 1. The minimum absolute atomic E-state index is 0.0494. The Morgan fingerprint density at radius 2 is 1.87 bits per heavy atom. The molecule has 0 spiro atoms. The third-order valence-electron chi connectivity index (χ3n) is 5.43. The standard InChI is InChI=1S/C22H27FN2O5S/c1-24(14-16-6-9-19(29-2)10-7-16)22(26)17-5-4-12-25(15-17)31(27,28)21-13-18(23)8-11-20(21)30-3/h6-11,13,17H,4-5,12,14-15H2,1-3H3/t17-/m1/s1. The predicted molar refractivity (Wildman–Crippen MR) is 114 cm³/mol.